The predicted molar refractivity (Wildman–Crippen MR) is 131 cm³/mol. The summed E-state index contributed by atoms with van der Waals surface area (Å²) in [6, 6.07) is 14.3. The number of ketones is 1. The van der Waals surface area contributed by atoms with Gasteiger partial charge in [0.05, 0.1) is 26.3 Å². The predicted octanol–water partition coefficient (Wildman–Crippen LogP) is 4.63. The van der Waals surface area contributed by atoms with Gasteiger partial charge in [-0.05, 0) is 62.4 Å². The van der Waals surface area contributed by atoms with E-state index in [4.69, 9.17) is 19.3 Å². The van der Waals surface area contributed by atoms with Crippen LogP contribution in [0, 0.1) is 12.7 Å². The molecule has 0 fully saturated rings. The van der Waals surface area contributed by atoms with Gasteiger partial charge in [-0.3, -0.25) is 4.79 Å². The van der Waals surface area contributed by atoms with Crippen molar-refractivity contribution in [2.24, 2.45) is 0 Å². The normalized spacial score (nSPS) is 11.8. The number of fused-ring (bicyclic) bond motifs is 1. The molecule has 4 rings (SSSR count). The summed E-state index contributed by atoms with van der Waals surface area (Å²) in [5.74, 6) is -0.651. The van der Waals surface area contributed by atoms with Gasteiger partial charge in [-0.15, -0.1) is 0 Å². The summed E-state index contributed by atoms with van der Waals surface area (Å²) in [4.78, 5) is 29.2. The second-order valence-electron chi connectivity index (χ2n) is 8.18. The number of rotatable bonds is 9. The fourth-order valence-electron chi connectivity index (χ4n) is 3.97. The van der Waals surface area contributed by atoms with E-state index in [1.165, 1.54) is 32.2 Å². The molecule has 8 nitrogen and oxygen atoms in total. The number of ether oxygens (including phenoxy) is 3. The van der Waals surface area contributed by atoms with Gasteiger partial charge >= 0.3 is 5.97 Å². The lowest BCUT2D eigenvalue weighted by molar-refractivity contribution is -0.144. The number of hydrogen-bond donors (Lipinski definition) is 1. The highest BCUT2D eigenvalue weighted by Crippen LogP contribution is 2.31. The van der Waals surface area contributed by atoms with Crippen LogP contribution in [0.4, 0.5) is 4.39 Å². The molecule has 0 aliphatic carbocycles. The summed E-state index contributed by atoms with van der Waals surface area (Å²) in [6.07, 6.45) is -1.10. The van der Waals surface area contributed by atoms with Crippen molar-refractivity contribution in [1.29, 1.82) is 0 Å². The molecular weight excluding hydrogens is 467 g/mol. The number of methoxy groups -OCH3 is 2. The first-order valence-electron chi connectivity index (χ1n) is 11.1. The number of nitrogens with zero attached hydrogens (tertiary/aromatic N) is 2. The number of aliphatic carboxylic acids is 1. The Hall–Kier alpha value is -4.40. The van der Waals surface area contributed by atoms with Crippen LogP contribution in [0.3, 0.4) is 0 Å². The molecule has 9 heteroatoms. The van der Waals surface area contributed by atoms with Gasteiger partial charge in [0.2, 0.25) is 5.88 Å². The van der Waals surface area contributed by atoms with Crippen LogP contribution in [0.25, 0.3) is 11.0 Å². The van der Waals surface area contributed by atoms with Crippen LogP contribution in [0.2, 0.25) is 0 Å². The molecule has 2 aromatic carbocycles. The minimum absolute atomic E-state index is 0.0306. The highest BCUT2D eigenvalue weighted by molar-refractivity contribution is 6.17. The van der Waals surface area contributed by atoms with E-state index in [0.717, 1.165) is 0 Å². The van der Waals surface area contributed by atoms with E-state index in [0.29, 0.717) is 39.5 Å². The van der Waals surface area contributed by atoms with Gasteiger partial charge in [-0.25, -0.2) is 9.18 Å². The van der Waals surface area contributed by atoms with Crippen molar-refractivity contribution in [2.75, 3.05) is 14.2 Å². The number of pyridine rings is 1. The minimum atomic E-state index is -1.13. The third-order valence-corrected chi connectivity index (χ3v) is 5.94. The number of aromatic nitrogens is 2. The fourth-order valence-corrected chi connectivity index (χ4v) is 3.97. The maximum Gasteiger partial charge on any atom is 0.344 e. The highest BCUT2D eigenvalue weighted by Gasteiger charge is 2.24. The van der Waals surface area contributed by atoms with E-state index in [-0.39, 0.29) is 23.6 Å². The highest BCUT2D eigenvalue weighted by atomic mass is 19.1. The molecule has 0 saturated carbocycles. The Kier molecular flexibility index (Phi) is 6.91. The molecule has 4 aromatic rings. The molecule has 0 saturated heterocycles. The monoisotopic (exact) mass is 492 g/mol. The van der Waals surface area contributed by atoms with Crippen molar-refractivity contribution < 1.29 is 33.3 Å². The van der Waals surface area contributed by atoms with Gasteiger partial charge < -0.3 is 23.9 Å². The summed E-state index contributed by atoms with van der Waals surface area (Å²) < 4.78 is 32.4. The fraction of sp³-hybridized carbons (Fsp3) is 0.222. The van der Waals surface area contributed by atoms with Crippen molar-refractivity contribution in [3.8, 4) is 17.4 Å². The third-order valence-electron chi connectivity index (χ3n) is 5.94. The van der Waals surface area contributed by atoms with Gasteiger partial charge in [0.15, 0.2) is 11.9 Å². The van der Waals surface area contributed by atoms with Gasteiger partial charge in [0.1, 0.15) is 23.0 Å². The maximum absolute atomic E-state index is 14.8. The van der Waals surface area contributed by atoms with Crippen molar-refractivity contribution in [3.05, 3.63) is 82.8 Å². The van der Waals surface area contributed by atoms with Gasteiger partial charge in [-0.2, -0.15) is 4.98 Å². The second kappa shape index (κ2) is 10.1. The van der Waals surface area contributed by atoms with Gasteiger partial charge in [0.25, 0.3) is 0 Å². The zero-order chi connectivity index (χ0) is 26.0. The van der Waals surface area contributed by atoms with Gasteiger partial charge in [-0.1, -0.05) is 0 Å². The lowest BCUT2D eigenvalue weighted by atomic mass is 10.0. The summed E-state index contributed by atoms with van der Waals surface area (Å²) in [7, 11) is 3.04. The Morgan fingerprint density at radius 2 is 1.72 bits per heavy atom. The average molecular weight is 493 g/mol. The standard InChI is InChI=1S/C27H25FN2O6/c1-15-24(25(31)17-5-7-19(34-3)8-6-17)21-10-12-23(35-4)29-26(21)30(15)14-18-13-20(9-11-22(18)28)36-16(2)27(32)33/h5-13,16H,14H2,1-4H3,(H,32,33)/t16-/m1/s1. The van der Waals surface area contributed by atoms with Crippen LogP contribution in [0.5, 0.6) is 17.4 Å². The molecule has 0 unspecified atom stereocenters. The van der Waals surface area contributed by atoms with Crippen molar-refractivity contribution in [3.63, 3.8) is 0 Å². The molecule has 186 valence electrons. The number of benzene rings is 2. The Balaban J connectivity index is 1.81. The van der Waals surface area contributed by atoms with E-state index >= 15 is 0 Å². The van der Waals surface area contributed by atoms with E-state index in [1.807, 2.05) is 0 Å². The molecule has 0 spiro atoms. The first kappa shape index (κ1) is 24.7. The lowest BCUT2D eigenvalue weighted by Crippen LogP contribution is -2.23. The molecule has 0 radical (unpaired) electrons. The van der Waals surface area contributed by atoms with Crippen LogP contribution in [-0.2, 0) is 11.3 Å². The van der Waals surface area contributed by atoms with E-state index in [9.17, 15) is 14.0 Å². The molecule has 0 aliphatic rings. The van der Waals surface area contributed by atoms with Crippen LogP contribution in [-0.4, -0.2) is 46.7 Å². The Morgan fingerprint density at radius 1 is 1.03 bits per heavy atom. The number of carbonyl (C=O) groups excluding carboxylic acids is 1. The molecule has 1 N–H and O–H groups in total. The smallest absolute Gasteiger partial charge is 0.344 e. The van der Waals surface area contributed by atoms with Crippen LogP contribution in [0.15, 0.2) is 54.6 Å². The average Bonchev–Trinajstić information content (AvgIpc) is 3.15. The Labute approximate surface area is 206 Å². The van der Waals surface area contributed by atoms with E-state index in [1.54, 1.807) is 55.0 Å². The van der Waals surface area contributed by atoms with Crippen LogP contribution in [0.1, 0.15) is 34.1 Å². The summed E-state index contributed by atoms with van der Waals surface area (Å²) >= 11 is 0. The third kappa shape index (κ3) is 4.72. The summed E-state index contributed by atoms with van der Waals surface area (Å²) in [5.41, 5.74) is 2.21. The number of carbonyl (C=O) groups is 2. The molecule has 1 atom stereocenters. The van der Waals surface area contributed by atoms with Crippen LogP contribution < -0.4 is 14.2 Å². The zero-order valence-corrected chi connectivity index (χ0v) is 20.2. The maximum atomic E-state index is 14.8. The summed E-state index contributed by atoms with van der Waals surface area (Å²) in [5, 5.41) is 9.72. The second-order valence-corrected chi connectivity index (χ2v) is 8.18. The molecule has 0 amide bonds. The lowest BCUT2D eigenvalue weighted by Gasteiger charge is -2.14. The topological polar surface area (TPSA) is 99.9 Å². The molecule has 2 heterocycles. The number of carboxylic acids is 1. The van der Waals surface area contributed by atoms with Crippen molar-refractivity contribution in [1.82, 2.24) is 9.55 Å². The number of hydrogen-bond acceptors (Lipinski definition) is 6. The Morgan fingerprint density at radius 3 is 2.36 bits per heavy atom. The number of halogens is 1. The molecule has 0 aliphatic heterocycles. The SMILES string of the molecule is COc1ccc(C(=O)c2c(C)n(Cc3cc(O[C@H](C)C(=O)O)ccc3F)c3nc(OC)ccc23)cc1. The summed E-state index contributed by atoms with van der Waals surface area (Å²) in [6.45, 7) is 3.20. The van der Waals surface area contributed by atoms with Crippen molar-refractivity contribution >= 4 is 22.8 Å². The van der Waals surface area contributed by atoms with Crippen molar-refractivity contribution in [2.45, 2.75) is 26.5 Å². The molecule has 0 bridgehead atoms. The molecule has 36 heavy (non-hydrogen) atoms. The van der Waals surface area contributed by atoms with Crippen LogP contribution >= 0.6 is 0 Å². The first-order valence-corrected chi connectivity index (χ1v) is 11.1. The number of carboxylic acid groups (broad SMARTS) is 1. The quantitative estimate of drug-likeness (QED) is 0.340. The van der Waals surface area contributed by atoms with E-state index < -0.39 is 17.9 Å². The zero-order valence-electron chi connectivity index (χ0n) is 20.2. The van der Waals surface area contributed by atoms with Gasteiger partial charge in [0, 0.05) is 28.3 Å². The Bertz CT molecular complexity index is 1450. The largest absolute Gasteiger partial charge is 0.497 e. The van der Waals surface area contributed by atoms with E-state index in [2.05, 4.69) is 4.98 Å². The molecular formula is C27H25FN2O6. The minimum Gasteiger partial charge on any atom is -0.497 e. The molecule has 2 aromatic heterocycles. The first-order chi connectivity index (χ1) is 17.2.